The topological polar surface area (TPSA) is 137 Å². The van der Waals surface area contributed by atoms with Gasteiger partial charge >= 0.3 is 6.03 Å². The smallest absolute Gasteiger partial charge is 0.337 e. The number of carbonyl (C=O) groups excluding carboxylic acids is 1. The normalized spacial score (nSPS) is 10.7. The fourth-order valence-corrected chi connectivity index (χ4v) is 5.29. The Balaban J connectivity index is 1.28. The van der Waals surface area contributed by atoms with Crippen molar-refractivity contribution in [3.8, 4) is 23.1 Å². The molecule has 5 rings (SSSR count). The molecule has 10 heteroatoms. The number of nitrogens with one attached hydrogen (secondary N) is 2. The van der Waals surface area contributed by atoms with Gasteiger partial charge in [0.05, 0.1) is 24.5 Å². The van der Waals surface area contributed by atoms with Crippen molar-refractivity contribution < 1.29 is 9.53 Å². The molecule has 214 valence electrons. The van der Waals surface area contributed by atoms with Crippen molar-refractivity contribution in [2.45, 2.75) is 17.0 Å². The number of hydrazine groups is 1. The number of H-pyrrole nitrogens is 1. The van der Waals surface area contributed by atoms with Gasteiger partial charge in [-0.2, -0.15) is 5.26 Å². The monoisotopic (exact) mass is 588 g/mol. The maximum atomic E-state index is 13.2. The molecule has 0 spiro atoms. The van der Waals surface area contributed by atoms with Crippen molar-refractivity contribution in [2.24, 2.45) is 5.84 Å². The lowest BCUT2D eigenvalue weighted by atomic mass is 9.99. The predicted molar refractivity (Wildman–Crippen MR) is 167 cm³/mol. The Morgan fingerprint density at radius 2 is 1.65 bits per heavy atom. The molecule has 0 unspecified atom stereocenters. The molecule has 9 nitrogen and oxygen atoms in total. The molecule has 0 aliphatic rings. The van der Waals surface area contributed by atoms with Crippen LogP contribution < -0.4 is 26.5 Å². The van der Waals surface area contributed by atoms with Crippen molar-refractivity contribution in [3.05, 3.63) is 142 Å². The number of rotatable bonds is 9. The number of hydrogen-bond acceptors (Lipinski definition) is 7. The highest BCUT2D eigenvalue weighted by molar-refractivity contribution is 7.98. The van der Waals surface area contributed by atoms with E-state index >= 15 is 0 Å². The number of nitrogens with two attached hydrogens (primary N) is 1. The van der Waals surface area contributed by atoms with Crippen molar-refractivity contribution in [1.82, 2.24) is 15.3 Å². The highest BCUT2D eigenvalue weighted by atomic mass is 32.2. The number of methoxy groups -OCH3 is 1. The van der Waals surface area contributed by atoms with Gasteiger partial charge in [0.25, 0.3) is 5.56 Å². The number of nitriles is 1. The van der Waals surface area contributed by atoms with Gasteiger partial charge in [0.2, 0.25) is 0 Å². The number of carbonyl (C=O) groups is 1. The van der Waals surface area contributed by atoms with E-state index in [1.165, 1.54) is 11.8 Å². The van der Waals surface area contributed by atoms with Gasteiger partial charge in [0, 0.05) is 11.3 Å². The third kappa shape index (κ3) is 6.93. The molecular formula is C33H28N6O3S. The number of hydrogen-bond donors (Lipinski definition) is 3. The van der Waals surface area contributed by atoms with E-state index < -0.39 is 11.6 Å². The summed E-state index contributed by atoms with van der Waals surface area (Å²) < 4.78 is 5.28. The Morgan fingerprint density at radius 3 is 2.26 bits per heavy atom. The zero-order valence-electron chi connectivity index (χ0n) is 23.2. The number of urea groups is 1. The Bertz CT molecular complexity index is 1770. The Morgan fingerprint density at radius 1 is 1.00 bits per heavy atom. The molecule has 1 aromatic heterocycles. The number of ether oxygens (including phenoxy) is 1. The summed E-state index contributed by atoms with van der Waals surface area (Å²) in [5, 5.41) is 14.1. The second kappa shape index (κ2) is 13.5. The average Bonchev–Trinajstić information content (AvgIpc) is 3.06. The lowest BCUT2D eigenvalue weighted by Gasteiger charge is -2.24. The van der Waals surface area contributed by atoms with Gasteiger partial charge in [0.15, 0.2) is 5.16 Å². The molecule has 4 aromatic carbocycles. The Kier molecular flexibility index (Phi) is 9.17. The van der Waals surface area contributed by atoms with Crippen LogP contribution in [0.15, 0.2) is 119 Å². The molecule has 0 fully saturated rings. The number of nitrogens with zero attached hydrogens (tertiary/aromatic N) is 3. The molecule has 43 heavy (non-hydrogen) atoms. The number of aromatic nitrogens is 2. The summed E-state index contributed by atoms with van der Waals surface area (Å²) in [6, 6.07) is 34.8. The van der Waals surface area contributed by atoms with Crippen LogP contribution in [0.4, 0.5) is 10.5 Å². The zero-order valence-corrected chi connectivity index (χ0v) is 24.0. The first-order chi connectivity index (χ1) is 21.0. The highest BCUT2D eigenvalue weighted by Crippen LogP contribution is 2.27. The summed E-state index contributed by atoms with van der Waals surface area (Å²) in [5.41, 5.74) is 3.62. The van der Waals surface area contributed by atoms with E-state index in [2.05, 4.69) is 15.3 Å². The summed E-state index contributed by atoms with van der Waals surface area (Å²) in [6.45, 7) is 0. The highest BCUT2D eigenvalue weighted by Gasteiger charge is 2.20. The van der Waals surface area contributed by atoms with Gasteiger partial charge in [0.1, 0.15) is 17.4 Å². The minimum absolute atomic E-state index is 0.0648. The fourth-order valence-electron chi connectivity index (χ4n) is 4.47. The van der Waals surface area contributed by atoms with Crippen LogP contribution in [0, 0.1) is 11.3 Å². The van der Waals surface area contributed by atoms with E-state index in [0.717, 1.165) is 21.7 Å². The number of amides is 2. The van der Waals surface area contributed by atoms with Crippen LogP contribution in [-0.2, 0) is 5.75 Å². The SMILES string of the molecule is COc1cccc(-c2nc(SCc3ccc(N(N)C(=O)NC(c4ccccc4)c4ccccc4)cc3)[nH]c(=O)c2C#N)c1. The van der Waals surface area contributed by atoms with Gasteiger partial charge in [-0.3, -0.25) is 4.79 Å². The lowest BCUT2D eigenvalue weighted by molar-refractivity contribution is 0.244. The summed E-state index contributed by atoms with van der Waals surface area (Å²) in [6.07, 6.45) is 0. The standard InChI is InChI=1S/C33H28N6O3S/c1-42-27-14-8-13-25(19-27)30-28(20-34)31(40)38-32(36-30)43-21-22-15-17-26(18-16-22)39(35)33(41)37-29(23-9-4-2-5-10-23)24-11-6-3-7-12-24/h2-19,29H,21,35H2,1H3,(H,37,41)(H,36,38,40). The van der Waals surface area contributed by atoms with Crippen LogP contribution in [0.1, 0.15) is 28.3 Å². The van der Waals surface area contributed by atoms with Crippen LogP contribution in [0.25, 0.3) is 11.3 Å². The first-order valence-electron chi connectivity index (χ1n) is 13.3. The van der Waals surface area contributed by atoms with E-state index in [4.69, 9.17) is 10.6 Å². The molecule has 0 atom stereocenters. The third-order valence-corrected chi connectivity index (χ3v) is 7.64. The van der Waals surface area contributed by atoms with Gasteiger partial charge in [-0.25, -0.2) is 20.6 Å². The van der Waals surface area contributed by atoms with Crippen LogP contribution in [-0.4, -0.2) is 23.1 Å². The Hall–Kier alpha value is -5.37. The quantitative estimate of drug-likeness (QED) is 0.0652. The van der Waals surface area contributed by atoms with E-state index in [-0.39, 0.29) is 17.3 Å². The fraction of sp³-hybridized carbons (Fsp3) is 0.0909. The van der Waals surface area contributed by atoms with Gasteiger partial charge in [-0.1, -0.05) is 96.7 Å². The summed E-state index contributed by atoms with van der Waals surface area (Å²) in [7, 11) is 1.55. The van der Waals surface area contributed by atoms with Crippen LogP contribution in [0.3, 0.4) is 0 Å². The molecule has 2 amide bonds. The molecule has 0 saturated heterocycles. The predicted octanol–water partition coefficient (Wildman–Crippen LogP) is 5.79. The number of anilines is 1. The zero-order chi connectivity index (χ0) is 30.2. The van der Waals surface area contributed by atoms with Crippen molar-refractivity contribution in [2.75, 3.05) is 12.1 Å². The first-order valence-corrected chi connectivity index (χ1v) is 14.3. The van der Waals surface area contributed by atoms with E-state index in [1.807, 2.05) is 78.9 Å². The molecule has 0 aliphatic carbocycles. The van der Waals surface area contributed by atoms with Gasteiger partial charge in [-0.05, 0) is 41.0 Å². The molecule has 5 aromatic rings. The molecule has 0 saturated carbocycles. The second-order valence-corrected chi connectivity index (χ2v) is 10.4. The van der Waals surface area contributed by atoms with Crippen LogP contribution in [0.5, 0.6) is 5.75 Å². The minimum atomic E-state index is -0.512. The molecule has 0 aliphatic heterocycles. The van der Waals surface area contributed by atoms with Crippen molar-refractivity contribution in [1.29, 1.82) is 5.26 Å². The van der Waals surface area contributed by atoms with Crippen molar-refractivity contribution in [3.63, 3.8) is 0 Å². The summed E-state index contributed by atoms with van der Waals surface area (Å²) >= 11 is 1.32. The molecule has 4 N–H and O–H groups in total. The summed E-state index contributed by atoms with van der Waals surface area (Å²) in [5.74, 6) is 7.30. The molecular weight excluding hydrogens is 560 g/mol. The van der Waals surface area contributed by atoms with Gasteiger partial charge in [-0.15, -0.1) is 0 Å². The number of thioether (sulfide) groups is 1. The van der Waals surface area contributed by atoms with E-state index in [0.29, 0.717) is 27.9 Å². The average molecular weight is 589 g/mol. The Labute approximate surface area is 252 Å². The van der Waals surface area contributed by atoms with Gasteiger partial charge < -0.3 is 15.0 Å². The summed E-state index contributed by atoms with van der Waals surface area (Å²) in [4.78, 5) is 33.1. The lowest BCUT2D eigenvalue weighted by Crippen LogP contribution is -2.46. The number of benzene rings is 4. The molecule has 0 radical (unpaired) electrons. The maximum Gasteiger partial charge on any atom is 0.337 e. The van der Waals surface area contributed by atoms with Crippen LogP contribution in [0.2, 0.25) is 0 Å². The second-order valence-electron chi connectivity index (χ2n) is 9.47. The molecule has 0 bridgehead atoms. The first kappa shape index (κ1) is 29.1. The largest absolute Gasteiger partial charge is 0.497 e. The third-order valence-electron chi connectivity index (χ3n) is 6.70. The maximum absolute atomic E-state index is 13.2. The number of aromatic amines is 1. The van der Waals surface area contributed by atoms with E-state index in [9.17, 15) is 14.9 Å². The molecule has 1 heterocycles. The van der Waals surface area contributed by atoms with E-state index in [1.54, 1.807) is 43.5 Å². The minimum Gasteiger partial charge on any atom is -0.497 e. The van der Waals surface area contributed by atoms with Crippen LogP contribution >= 0.6 is 11.8 Å². The van der Waals surface area contributed by atoms with Crippen molar-refractivity contribution >= 4 is 23.5 Å².